The van der Waals surface area contributed by atoms with E-state index in [0.29, 0.717) is 26.3 Å². The predicted molar refractivity (Wildman–Crippen MR) is 133 cm³/mol. The number of carbonyl (C=O) groups is 1. The molecule has 0 atom stereocenters. The van der Waals surface area contributed by atoms with Gasteiger partial charge in [0, 0.05) is 11.1 Å². The van der Waals surface area contributed by atoms with E-state index in [-0.39, 0.29) is 17.4 Å². The molecular formula is C23H15ClN4O6S. The molecule has 10 nitrogen and oxygen atoms in total. The van der Waals surface area contributed by atoms with Gasteiger partial charge in [-0.05, 0) is 66.2 Å². The zero-order chi connectivity index (χ0) is 25.1. The highest BCUT2D eigenvalue weighted by molar-refractivity contribution is 8.18. The summed E-state index contributed by atoms with van der Waals surface area (Å²) in [6.07, 6.45) is 1.67. The second kappa shape index (κ2) is 9.95. The highest BCUT2D eigenvalue weighted by atomic mass is 35.5. The van der Waals surface area contributed by atoms with Crippen molar-refractivity contribution in [3.05, 3.63) is 102 Å². The highest BCUT2D eigenvalue weighted by Gasteiger charge is 2.24. The lowest BCUT2D eigenvalue weighted by Gasteiger charge is -2.06. The van der Waals surface area contributed by atoms with Crippen molar-refractivity contribution in [1.29, 1.82) is 0 Å². The Kier molecular flexibility index (Phi) is 6.80. The maximum Gasteiger partial charge on any atom is 0.318 e. The third-order valence-corrected chi connectivity index (χ3v) is 6.19. The van der Waals surface area contributed by atoms with E-state index >= 15 is 0 Å². The van der Waals surface area contributed by atoms with E-state index in [1.54, 1.807) is 48.5 Å². The van der Waals surface area contributed by atoms with Crippen LogP contribution in [0, 0.1) is 27.2 Å². The Morgan fingerprint density at radius 1 is 1.06 bits per heavy atom. The molecule has 1 N–H and O–H groups in total. The smallest absolute Gasteiger partial charge is 0.318 e. The van der Waals surface area contributed by atoms with E-state index in [2.05, 4.69) is 10.3 Å². The maximum absolute atomic E-state index is 12.4. The number of nitro benzene ring substituents is 2. The number of carbonyl (C=O) groups excluding carboxylic acids is 1. The normalized spacial score (nSPS) is 15.3. The van der Waals surface area contributed by atoms with Crippen molar-refractivity contribution in [2.75, 3.05) is 0 Å². The summed E-state index contributed by atoms with van der Waals surface area (Å²) in [7, 11) is 0. The Hall–Kier alpha value is -4.22. The van der Waals surface area contributed by atoms with Crippen LogP contribution in [0.2, 0.25) is 5.02 Å². The lowest BCUT2D eigenvalue weighted by atomic mass is 10.2. The molecule has 0 aliphatic carbocycles. The minimum absolute atomic E-state index is 0.130. The summed E-state index contributed by atoms with van der Waals surface area (Å²) >= 11 is 7.31. The van der Waals surface area contributed by atoms with Gasteiger partial charge < -0.3 is 10.1 Å². The number of ether oxygens (including phenoxy) is 1. The molecule has 1 saturated heterocycles. The zero-order valence-electron chi connectivity index (χ0n) is 17.9. The van der Waals surface area contributed by atoms with Crippen molar-refractivity contribution in [1.82, 2.24) is 5.32 Å². The minimum atomic E-state index is -0.749. The van der Waals surface area contributed by atoms with Crippen LogP contribution >= 0.6 is 23.4 Å². The first-order valence-corrected chi connectivity index (χ1v) is 11.2. The van der Waals surface area contributed by atoms with E-state index in [0.717, 1.165) is 17.7 Å². The van der Waals surface area contributed by atoms with Gasteiger partial charge in [0.05, 0.1) is 26.5 Å². The number of amidine groups is 1. The molecule has 12 heteroatoms. The summed E-state index contributed by atoms with van der Waals surface area (Å²) in [5.74, 6) is -0.142. The number of hydrogen-bond acceptors (Lipinski definition) is 8. The number of thioether (sulfide) groups is 1. The van der Waals surface area contributed by atoms with Crippen LogP contribution in [0.5, 0.6) is 11.5 Å². The third kappa shape index (κ3) is 5.48. The first-order valence-electron chi connectivity index (χ1n) is 9.97. The number of rotatable bonds is 6. The van der Waals surface area contributed by atoms with Crippen LogP contribution in [-0.4, -0.2) is 20.9 Å². The number of hydrogen-bond donors (Lipinski definition) is 1. The number of nitrogens with zero attached hydrogens (tertiary/aromatic N) is 3. The average Bonchev–Trinajstić information content (AvgIpc) is 3.16. The molecule has 4 rings (SSSR count). The summed E-state index contributed by atoms with van der Waals surface area (Å²) in [5.41, 5.74) is 1.22. The molecule has 0 radical (unpaired) electrons. The minimum Gasteiger partial charge on any atom is -0.450 e. The van der Waals surface area contributed by atoms with Crippen molar-refractivity contribution < 1.29 is 19.4 Å². The number of nitrogens with one attached hydrogen (secondary N) is 1. The van der Waals surface area contributed by atoms with E-state index in [1.807, 2.05) is 6.92 Å². The Labute approximate surface area is 207 Å². The standard InChI is InChI=1S/C23H15ClN4O6S/c1-13-17(24)3-2-4-18(13)25-23-26-22(29)21(35-23)11-14-5-8-16(9-6-14)34-20-10-7-15(27(30)31)12-19(20)28(32)33/h2-12H,1H3,(H,25,26,29)/b21-11+. The van der Waals surface area contributed by atoms with E-state index in [1.165, 1.54) is 17.8 Å². The Morgan fingerprint density at radius 3 is 2.49 bits per heavy atom. The molecule has 0 unspecified atom stereocenters. The number of halogens is 1. The molecule has 1 fully saturated rings. The molecule has 0 bridgehead atoms. The van der Waals surface area contributed by atoms with Gasteiger partial charge in [0.2, 0.25) is 5.75 Å². The molecule has 1 aliphatic rings. The van der Waals surface area contributed by atoms with Gasteiger partial charge in [0.25, 0.3) is 11.6 Å². The molecule has 0 saturated carbocycles. The second-order valence-corrected chi connectivity index (χ2v) is 8.64. The number of non-ortho nitro benzene ring substituents is 1. The van der Waals surface area contributed by atoms with Gasteiger partial charge in [-0.1, -0.05) is 29.8 Å². The zero-order valence-corrected chi connectivity index (χ0v) is 19.5. The first kappa shape index (κ1) is 23.9. The van der Waals surface area contributed by atoms with E-state index < -0.39 is 21.2 Å². The van der Waals surface area contributed by atoms with Gasteiger partial charge in [0.15, 0.2) is 5.17 Å². The number of benzene rings is 3. The van der Waals surface area contributed by atoms with Gasteiger partial charge in [-0.15, -0.1) is 0 Å². The van der Waals surface area contributed by atoms with Crippen molar-refractivity contribution in [2.24, 2.45) is 4.99 Å². The van der Waals surface area contributed by atoms with Crippen LogP contribution in [0.4, 0.5) is 17.1 Å². The van der Waals surface area contributed by atoms with Crippen molar-refractivity contribution in [3.63, 3.8) is 0 Å². The van der Waals surface area contributed by atoms with Gasteiger partial charge in [-0.25, -0.2) is 4.99 Å². The van der Waals surface area contributed by atoms with Crippen molar-refractivity contribution in [2.45, 2.75) is 6.92 Å². The number of nitro groups is 2. The van der Waals surface area contributed by atoms with Crippen LogP contribution in [0.15, 0.2) is 70.6 Å². The van der Waals surface area contributed by atoms with Crippen LogP contribution < -0.4 is 10.1 Å². The molecule has 35 heavy (non-hydrogen) atoms. The fraction of sp³-hybridized carbons (Fsp3) is 0.0435. The molecular weight excluding hydrogens is 496 g/mol. The van der Waals surface area contributed by atoms with Crippen LogP contribution in [0.25, 0.3) is 6.08 Å². The van der Waals surface area contributed by atoms with E-state index in [4.69, 9.17) is 16.3 Å². The highest BCUT2D eigenvalue weighted by Crippen LogP contribution is 2.35. The third-order valence-electron chi connectivity index (χ3n) is 4.87. The van der Waals surface area contributed by atoms with Crippen LogP contribution in [0.1, 0.15) is 11.1 Å². The molecule has 0 aromatic heterocycles. The van der Waals surface area contributed by atoms with Crippen LogP contribution in [0.3, 0.4) is 0 Å². The molecule has 3 aromatic carbocycles. The fourth-order valence-corrected chi connectivity index (χ4v) is 4.07. The molecule has 176 valence electrons. The van der Waals surface area contributed by atoms with E-state index in [9.17, 15) is 25.0 Å². The second-order valence-electron chi connectivity index (χ2n) is 7.20. The number of aliphatic imine (C=N–C) groups is 1. The topological polar surface area (TPSA) is 137 Å². The molecule has 1 heterocycles. The quantitative estimate of drug-likeness (QED) is 0.238. The van der Waals surface area contributed by atoms with Gasteiger partial charge >= 0.3 is 5.69 Å². The maximum atomic E-state index is 12.4. The summed E-state index contributed by atoms with van der Waals surface area (Å²) in [5, 5.41) is 25.9. The SMILES string of the molecule is Cc1c(Cl)cccc1N=C1NC(=O)/C(=C\c2ccc(Oc3ccc([N+](=O)[O-])cc3[N+](=O)[O-])cc2)S1. The summed E-state index contributed by atoms with van der Waals surface area (Å²) in [6.45, 7) is 1.84. The predicted octanol–water partition coefficient (Wildman–Crippen LogP) is 6.15. The fourth-order valence-electron chi connectivity index (χ4n) is 3.07. The summed E-state index contributed by atoms with van der Waals surface area (Å²) in [6, 6.07) is 15.0. The average molecular weight is 511 g/mol. The molecule has 1 aliphatic heterocycles. The van der Waals surface area contributed by atoms with Crippen molar-refractivity contribution in [3.8, 4) is 11.5 Å². The molecule has 1 amide bonds. The van der Waals surface area contributed by atoms with Gasteiger partial charge in [-0.2, -0.15) is 0 Å². The van der Waals surface area contributed by atoms with Crippen LogP contribution in [-0.2, 0) is 4.79 Å². The van der Waals surface area contributed by atoms with Gasteiger partial charge in [0.1, 0.15) is 5.75 Å². The molecule has 0 spiro atoms. The monoisotopic (exact) mass is 510 g/mol. The Morgan fingerprint density at radius 2 is 1.80 bits per heavy atom. The number of amides is 1. The largest absolute Gasteiger partial charge is 0.450 e. The lowest BCUT2D eigenvalue weighted by molar-refractivity contribution is -0.394. The Bertz CT molecular complexity index is 1420. The summed E-state index contributed by atoms with van der Waals surface area (Å²) < 4.78 is 5.56. The first-order chi connectivity index (χ1) is 16.7. The summed E-state index contributed by atoms with van der Waals surface area (Å²) in [4.78, 5) is 38.0. The Balaban J connectivity index is 1.51. The lowest BCUT2D eigenvalue weighted by Crippen LogP contribution is -2.19. The van der Waals surface area contributed by atoms with Crippen molar-refractivity contribution >= 4 is 57.6 Å². The molecule has 3 aromatic rings. The van der Waals surface area contributed by atoms with Gasteiger partial charge in [-0.3, -0.25) is 25.0 Å².